The summed E-state index contributed by atoms with van der Waals surface area (Å²) in [5.74, 6) is -0.545. The molecule has 18 N–H and O–H groups in total. The molecule has 11 rings (SSSR count). The molecule has 38 unspecified atom stereocenters. The van der Waals surface area contributed by atoms with Crippen LogP contribution in [-0.4, -0.2) is 308 Å². The molecule has 6 saturated heterocycles. The van der Waals surface area contributed by atoms with Crippen LogP contribution in [0.15, 0.2) is 11.1 Å². The lowest BCUT2D eigenvalue weighted by Gasteiger charge is -2.68. The minimum atomic E-state index is -1.96. The molecule has 6 aliphatic heterocycles. The number of hydrogen-bond donors (Lipinski definition) is 18. The molecular weight excluding hydrogens is 1280 g/mol. The maximum absolute atomic E-state index is 15.5. The third-order valence-electron chi connectivity index (χ3n) is 24.8. The van der Waals surface area contributed by atoms with Gasteiger partial charge < -0.3 is 149 Å². The predicted octanol–water partition coefficient (Wildman–Crippen LogP) is -4.37. The van der Waals surface area contributed by atoms with Gasteiger partial charge in [-0.2, -0.15) is 0 Å². The van der Waals surface area contributed by atoms with Crippen LogP contribution >= 0.6 is 0 Å². The van der Waals surface area contributed by atoms with Crippen LogP contribution in [-0.2, 0) is 61.6 Å². The first kappa shape index (κ1) is 75.2. The number of carbonyl (C=O) groups excluding carboxylic acids is 1. The van der Waals surface area contributed by atoms with Gasteiger partial charge in [-0.1, -0.05) is 52.7 Å². The molecule has 0 radical (unpaired) electrons. The Kier molecular flexibility index (Phi) is 22.1. The summed E-state index contributed by atoms with van der Waals surface area (Å²) in [5.41, 5.74) is -0.156. The molecule has 0 aromatic carbocycles. The molecule has 31 heteroatoms. The fourth-order valence-corrected chi connectivity index (χ4v) is 19.1. The van der Waals surface area contributed by atoms with Crippen LogP contribution in [0.5, 0.6) is 0 Å². The largest absolute Gasteiger partial charge is 0.456 e. The fraction of sp³-hybridized carbons (Fsp3) is 0.954. The zero-order valence-corrected chi connectivity index (χ0v) is 55.8. The average Bonchev–Trinajstić information content (AvgIpc) is 0.673. The minimum absolute atomic E-state index is 0.0416. The summed E-state index contributed by atoms with van der Waals surface area (Å²) >= 11 is 0. The Balaban J connectivity index is 0.777. The summed E-state index contributed by atoms with van der Waals surface area (Å²) in [5, 5.41) is 196. The summed E-state index contributed by atoms with van der Waals surface area (Å²) in [6.07, 6.45) is -45.3. The molecule has 6 heterocycles. The quantitative estimate of drug-likeness (QED) is 0.0418. The molecule has 11 aliphatic rings. The van der Waals surface area contributed by atoms with Gasteiger partial charge in [0.15, 0.2) is 50.1 Å². The number of fused-ring (bicyclic) bond motifs is 7. The average molecular weight is 1380 g/mol. The van der Waals surface area contributed by atoms with Gasteiger partial charge in [-0.3, -0.25) is 4.79 Å². The first-order valence-corrected chi connectivity index (χ1v) is 34.1. The molecule has 552 valence electrons. The van der Waals surface area contributed by atoms with Crippen molar-refractivity contribution >= 4 is 5.97 Å². The van der Waals surface area contributed by atoms with Gasteiger partial charge >= 0.3 is 5.97 Å². The van der Waals surface area contributed by atoms with Gasteiger partial charge in [0.05, 0.1) is 43.5 Å². The highest BCUT2D eigenvalue weighted by Crippen LogP contribution is 2.73. The van der Waals surface area contributed by atoms with Crippen molar-refractivity contribution in [3.63, 3.8) is 0 Å². The number of rotatable bonds is 15. The summed E-state index contributed by atoms with van der Waals surface area (Å²) < 4.78 is 70.6. The Morgan fingerprint density at radius 3 is 1.70 bits per heavy atom. The molecule has 0 spiro atoms. The number of aliphatic hydroxyl groups is 18. The Bertz CT molecular complexity index is 2710. The van der Waals surface area contributed by atoms with Crippen LogP contribution < -0.4 is 0 Å². The SMILES string of the molecule is CC1=C2C3CC(C)(C)CCC3(C(=O)OC3C(O)C(CO)OC(OCC4OC(OC5C(C)OC(O)C(O)C5O)C(O)C(O)C4O)C3O)CCC2(C)C2CCC3C(C)(C)C(OC4OC(OC5C(OC6C(O)C(O)OC(CO)C6O)OC(C)C(O)C5O)C(O)C(O)C4O)CCC3(C)C2C1. The number of ether oxygens (including phenoxy) is 12. The number of hydrogen-bond acceptors (Lipinski definition) is 31. The molecule has 10 fully saturated rings. The summed E-state index contributed by atoms with van der Waals surface area (Å²) in [7, 11) is 0. The van der Waals surface area contributed by atoms with Crippen LogP contribution in [0.2, 0.25) is 0 Å². The van der Waals surface area contributed by atoms with E-state index in [1.54, 1.807) is 0 Å². The number of aliphatic hydroxyl groups excluding tert-OH is 18. The van der Waals surface area contributed by atoms with E-state index < -0.39 is 227 Å². The molecule has 0 aromatic heterocycles. The molecule has 0 amide bonds. The van der Waals surface area contributed by atoms with E-state index >= 15 is 4.79 Å². The van der Waals surface area contributed by atoms with Gasteiger partial charge in [0, 0.05) is 0 Å². The van der Waals surface area contributed by atoms with Gasteiger partial charge in [-0.25, -0.2) is 0 Å². The van der Waals surface area contributed by atoms with Gasteiger partial charge in [-0.15, -0.1) is 0 Å². The third kappa shape index (κ3) is 13.1. The van der Waals surface area contributed by atoms with Crippen LogP contribution in [0.4, 0.5) is 0 Å². The van der Waals surface area contributed by atoms with Crippen molar-refractivity contribution in [2.75, 3.05) is 19.8 Å². The van der Waals surface area contributed by atoms with Crippen molar-refractivity contribution in [3.8, 4) is 0 Å². The lowest BCUT2D eigenvalue weighted by Crippen LogP contribution is -2.66. The number of allylic oxidation sites excluding steroid dienone is 2. The molecule has 31 nitrogen and oxygen atoms in total. The molecule has 5 aliphatic carbocycles. The Labute approximate surface area is 556 Å². The van der Waals surface area contributed by atoms with E-state index in [4.69, 9.17) is 56.8 Å². The highest BCUT2D eigenvalue weighted by molar-refractivity contribution is 5.79. The third-order valence-corrected chi connectivity index (χ3v) is 24.8. The number of esters is 1. The smallest absolute Gasteiger partial charge is 0.313 e. The molecule has 38 atom stereocenters. The number of carbonyl (C=O) groups is 1. The molecule has 0 aromatic rings. The molecule has 0 bridgehead atoms. The van der Waals surface area contributed by atoms with Crippen LogP contribution in [0, 0.1) is 50.7 Å². The van der Waals surface area contributed by atoms with Gasteiger partial charge in [0.2, 0.25) is 0 Å². The van der Waals surface area contributed by atoms with Crippen molar-refractivity contribution in [3.05, 3.63) is 11.1 Å². The second kappa shape index (κ2) is 28.3. The van der Waals surface area contributed by atoms with E-state index in [0.717, 1.165) is 19.3 Å². The topological polar surface area (TPSA) is 492 Å². The standard InChI is InChI=1S/C65H106O31/c1-23-18-27-26(10-11-32-62(6,7)33(12-13-63(27,32)8)91-57-45(78)40(73)46(79)58(96-57)94-52-41(74)35(68)24(2)87-59(52)93-50-37(70)29(20-66)88-54(83)47(50)80)64(9)15-17-65(16-14-61(4,5)19-28(65)34(23)64)60(84)95-51-38(71)30(21-67)89-55(48(51)81)85-22-31-36(69)39(72)44(77)56(90-31)92-49-25(3)86-53(82)43(76)42(49)75/h24-33,35-59,66-83H,10-22H2,1-9H3. The second-order valence-corrected chi connectivity index (χ2v) is 31.4. The summed E-state index contributed by atoms with van der Waals surface area (Å²) in [4.78, 5) is 15.5. The predicted molar refractivity (Wildman–Crippen MR) is 320 cm³/mol. The van der Waals surface area contributed by atoms with Gasteiger partial charge in [-0.05, 0) is 130 Å². The van der Waals surface area contributed by atoms with E-state index in [0.29, 0.717) is 44.9 Å². The maximum Gasteiger partial charge on any atom is 0.313 e. The van der Waals surface area contributed by atoms with Crippen LogP contribution in [0.1, 0.15) is 127 Å². The summed E-state index contributed by atoms with van der Waals surface area (Å²) in [6, 6.07) is 0. The lowest BCUT2D eigenvalue weighted by molar-refractivity contribution is -0.406. The van der Waals surface area contributed by atoms with Crippen LogP contribution in [0.25, 0.3) is 0 Å². The lowest BCUT2D eigenvalue weighted by atomic mass is 9.37. The first-order chi connectivity index (χ1) is 45.0. The first-order valence-electron chi connectivity index (χ1n) is 34.1. The second-order valence-electron chi connectivity index (χ2n) is 31.4. The highest BCUT2D eigenvalue weighted by atomic mass is 16.8. The zero-order valence-electron chi connectivity index (χ0n) is 55.8. The van der Waals surface area contributed by atoms with Crippen molar-refractivity contribution in [1.29, 1.82) is 0 Å². The molecule has 96 heavy (non-hydrogen) atoms. The highest BCUT2D eigenvalue weighted by Gasteiger charge is 2.68. The minimum Gasteiger partial charge on any atom is -0.456 e. The Hall–Kier alpha value is -1.95. The van der Waals surface area contributed by atoms with E-state index in [1.807, 2.05) is 0 Å². The van der Waals surface area contributed by atoms with E-state index in [1.165, 1.54) is 25.0 Å². The van der Waals surface area contributed by atoms with Crippen molar-refractivity contribution < 1.29 is 154 Å². The normalized spacial score (nSPS) is 54.3. The van der Waals surface area contributed by atoms with Crippen molar-refractivity contribution in [2.45, 2.75) is 317 Å². The van der Waals surface area contributed by atoms with E-state index in [-0.39, 0.29) is 39.9 Å². The Morgan fingerprint density at radius 2 is 1.03 bits per heavy atom. The van der Waals surface area contributed by atoms with E-state index in [9.17, 15) is 91.9 Å². The van der Waals surface area contributed by atoms with Crippen LogP contribution in [0.3, 0.4) is 0 Å². The fourth-order valence-electron chi connectivity index (χ4n) is 19.1. The van der Waals surface area contributed by atoms with Crippen molar-refractivity contribution in [1.82, 2.24) is 0 Å². The zero-order chi connectivity index (χ0) is 70.1. The monoisotopic (exact) mass is 1380 g/mol. The van der Waals surface area contributed by atoms with Gasteiger partial charge in [0.25, 0.3) is 0 Å². The van der Waals surface area contributed by atoms with Crippen molar-refractivity contribution in [2.24, 2.45) is 50.7 Å². The van der Waals surface area contributed by atoms with E-state index in [2.05, 4.69) is 48.5 Å². The molecular formula is C65H106O31. The van der Waals surface area contributed by atoms with Gasteiger partial charge in [0.1, 0.15) is 122 Å². The Morgan fingerprint density at radius 1 is 0.469 bits per heavy atom. The molecule has 4 saturated carbocycles. The summed E-state index contributed by atoms with van der Waals surface area (Å²) in [6.45, 7) is 16.0. The maximum atomic E-state index is 15.5.